The van der Waals surface area contributed by atoms with Crippen molar-refractivity contribution in [2.24, 2.45) is 5.92 Å². The molecule has 0 aromatic heterocycles. The Hall–Kier alpha value is -1.37. The van der Waals surface area contributed by atoms with Crippen LogP contribution < -0.4 is 0 Å². The zero-order valence-electron chi connectivity index (χ0n) is 10.4. The molecule has 0 heterocycles. The van der Waals surface area contributed by atoms with Crippen molar-refractivity contribution in [3.05, 3.63) is 11.3 Å². The lowest BCUT2D eigenvalue weighted by atomic mass is 10.1. The molecule has 0 aliphatic rings. The van der Waals surface area contributed by atoms with Crippen LogP contribution in [0.2, 0.25) is 0 Å². The summed E-state index contributed by atoms with van der Waals surface area (Å²) < 4.78 is 24.0. The van der Waals surface area contributed by atoms with Crippen molar-refractivity contribution in [2.45, 2.75) is 13.8 Å². The Morgan fingerprint density at radius 1 is 1.17 bits per heavy atom. The third-order valence-corrected chi connectivity index (χ3v) is 2.46. The third kappa shape index (κ3) is 4.87. The molecule has 0 rings (SSSR count). The van der Waals surface area contributed by atoms with Crippen LogP contribution in [0.15, 0.2) is 11.3 Å². The number of carbonyl (C=O) groups excluding carboxylic acids is 2. The van der Waals surface area contributed by atoms with E-state index < -0.39 is 31.4 Å². The molecule has 0 aliphatic carbocycles. The maximum atomic E-state index is 11.3. The van der Waals surface area contributed by atoms with Crippen LogP contribution in [0.3, 0.4) is 0 Å². The summed E-state index contributed by atoms with van der Waals surface area (Å²) in [5.41, 5.74) is -0.223. The van der Waals surface area contributed by atoms with Crippen LogP contribution in [0.4, 0.5) is 0 Å². The summed E-state index contributed by atoms with van der Waals surface area (Å²) >= 11 is 0. The van der Waals surface area contributed by atoms with Crippen molar-refractivity contribution < 1.29 is 37.9 Å². The van der Waals surface area contributed by atoms with E-state index in [1.807, 2.05) is 0 Å². The predicted molar refractivity (Wildman–Crippen MR) is 59.0 cm³/mol. The molecule has 2 N–H and O–H groups in total. The number of phosphoric acid groups is 1. The van der Waals surface area contributed by atoms with Crippen LogP contribution in [-0.4, -0.2) is 35.9 Å². The minimum Gasteiger partial charge on any atom is -0.468 e. The average Bonchev–Trinajstić information content (AvgIpc) is 2.30. The van der Waals surface area contributed by atoms with E-state index in [4.69, 9.17) is 9.79 Å². The molecule has 0 aromatic rings. The molecule has 18 heavy (non-hydrogen) atoms. The van der Waals surface area contributed by atoms with Crippen molar-refractivity contribution >= 4 is 19.8 Å². The largest absolute Gasteiger partial charge is 0.524 e. The lowest BCUT2D eigenvalue weighted by molar-refractivity contribution is -0.144. The van der Waals surface area contributed by atoms with Crippen molar-refractivity contribution in [3.8, 4) is 0 Å². The molecule has 0 fully saturated rings. The van der Waals surface area contributed by atoms with Gasteiger partial charge in [0.1, 0.15) is 11.7 Å². The van der Waals surface area contributed by atoms with Crippen LogP contribution in [0.1, 0.15) is 13.8 Å². The molecule has 0 saturated heterocycles. The second-order valence-electron chi connectivity index (χ2n) is 3.31. The van der Waals surface area contributed by atoms with Gasteiger partial charge in [-0.05, 0) is 13.8 Å². The fourth-order valence-electron chi connectivity index (χ4n) is 1.14. The van der Waals surface area contributed by atoms with E-state index in [2.05, 4.69) is 14.0 Å². The molecule has 0 aliphatic heterocycles. The van der Waals surface area contributed by atoms with Gasteiger partial charge in [0.2, 0.25) is 0 Å². The van der Waals surface area contributed by atoms with Gasteiger partial charge >= 0.3 is 19.8 Å². The number of hydrogen-bond acceptors (Lipinski definition) is 6. The number of rotatable bonds is 5. The van der Waals surface area contributed by atoms with Crippen LogP contribution in [0, 0.1) is 5.92 Å². The van der Waals surface area contributed by atoms with E-state index in [1.54, 1.807) is 0 Å². The van der Waals surface area contributed by atoms with E-state index in [0.29, 0.717) is 0 Å². The predicted octanol–water partition coefficient (Wildman–Crippen LogP) is 0.352. The number of hydrogen-bond donors (Lipinski definition) is 2. The van der Waals surface area contributed by atoms with Gasteiger partial charge < -0.3 is 14.0 Å². The van der Waals surface area contributed by atoms with Gasteiger partial charge in [-0.2, -0.15) is 0 Å². The van der Waals surface area contributed by atoms with E-state index in [9.17, 15) is 14.2 Å². The second kappa shape index (κ2) is 6.53. The summed E-state index contributed by atoms with van der Waals surface area (Å²) in [5.74, 6) is -3.31. The molecule has 8 nitrogen and oxygen atoms in total. The Kier molecular flexibility index (Phi) is 6.04. The number of esters is 2. The maximum Gasteiger partial charge on any atom is 0.524 e. The summed E-state index contributed by atoms with van der Waals surface area (Å²) in [4.78, 5) is 40.1. The number of phosphoric ester groups is 1. The first kappa shape index (κ1) is 16.6. The zero-order valence-corrected chi connectivity index (χ0v) is 11.3. The highest BCUT2D eigenvalue weighted by molar-refractivity contribution is 7.46. The molecule has 0 bridgehead atoms. The van der Waals surface area contributed by atoms with Crippen molar-refractivity contribution in [3.63, 3.8) is 0 Å². The van der Waals surface area contributed by atoms with E-state index >= 15 is 0 Å². The first-order chi connectivity index (χ1) is 8.14. The Morgan fingerprint density at radius 2 is 1.67 bits per heavy atom. The van der Waals surface area contributed by atoms with Crippen LogP contribution in [-0.2, 0) is 28.2 Å². The minimum atomic E-state index is -4.90. The summed E-state index contributed by atoms with van der Waals surface area (Å²) in [6.07, 6.45) is 0. The molecular formula is C9H15O8P. The fourth-order valence-corrected chi connectivity index (χ4v) is 1.69. The highest BCUT2D eigenvalue weighted by Crippen LogP contribution is 2.42. The number of carbonyl (C=O) groups is 2. The molecule has 1 atom stereocenters. The van der Waals surface area contributed by atoms with Gasteiger partial charge in [-0.25, -0.2) is 9.36 Å². The molecule has 0 amide bonds. The van der Waals surface area contributed by atoms with E-state index in [1.165, 1.54) is 13.8 Å². The quantitative estimate of drug-likeness (QED) is 0.321. The molecule has 0 aromatic carbocycles. The molecule has 0 spiro atoms. The molecule has 0 saturated carbocycles. The summed E-state index contributed by atoms with van der Waals surface area (Å²) in [7, 11) is -2.72. The maximum absolute atomic E-state index is 11.3. The summed E-state index contributed by atoms with van der Waals surface area (Å²) in [6.45, 7) is 2.50. The molecular weight excluding hydrogens is 267 g/mol. The number of ether oxygens (including phenoxy) is 2. The van der Waals surface area contributed by atoms with Gasteiger partial charge in [-0.3, -0.25) is 14.6 Å². The second-order valence-corrected chi connectivity index (χ2v) is 4.47. The Bertz CT molecular complexity index is 407. The van der Waals surface area contributed by atoms with Gasteiger partial charge in [-0.15, -0.1) is 0 Å². The van der Waals surface area contributed by atoms with Gasteiger partial charge in [0.05, 0.1) is 19.8 Å². The standard InChI is InChI=1S/C9H15O8P/c1-5(8(10)15-3)7(17-18(12,13)14)6(2)9(11)16-4/h5H,1-4H3,(H2,12,13,14). The van der Waals surface area contributed by atoms with Crippen molar-refractivity contribution in [2.75, 3.05) is 14.2 Å². The lowest BCUT2D eigenvalue weighted by Crippen LogP contribution is -2.20. The van der Waals surface area contributed by atoms with Gasteiger partial charge in [0, 0.05) is 0 Å². The Morgan fingerprint density at radius 3 is 2.00 bits per heavy atom. The normalized spacial score (nSPS) is 14.3. The van der Waals surface area contributed by atoms with Gasteiger partial charge in [-0.1, -0.05) is 0 Å². The number of methoxy groups -OCH3 is 2. The van der Waals surface area contributed by atoms with Gasteiger partial charge in [0.25, 0.3) is 0 Å². The third-order valence-electron chi connectivity index (χ3n) is 2.03. The summed E-state index contributed by atoms with van der Waals surface area (Å²) in [5, 5.41) is 0. The topological polar surface area (TPSA) is 119 Å². The average molecular weight is 282 g/mol. The van der Waals surface area contributed by atoms with Crippen LogP contribution in [0.5, 0.6) is 0 Å². The monoisotopic (exact) mass is 282 g/mol. The minimum absolute atomic E-state index is 0.223. The molecule has 104 valence electrons. The first-order valence-corrected chi connectivity index (χ1v) is 6.29. The van der Waals surface area contributed by atoms with Gasteiger partial charge in [0.15, 0.2) is 0 Å². The van der Waals surface area contributed by atoms with Crippen LogP contribution in [0.25, 0.3) is 0 Å². The zero-order chi connectivity index (χ0) is 14.5. The highest BCUT2D eigenvalue weighted by Gasteiger charge is 2.30. The SMILES string of the molecule is COC(=O)C(C)=C(OP(=O)(O)O)C(C)C(=O)OC. The highest BCUT2D eigenvalue weighted by atomic mass is 31.2. The first-order valence-electron chi connectivity index (χ1n) is 4.76. The van der Waals surface area contributed by atoms with Crippen molar-refractivity contribution in [1.82, 2.24) is 0 Å². The van der Waals surface area contributed by atoms with Crippen LogP contribution >= 0.6 is 7.82 Å². The summed E-state index contributed by atoms with van der Waals surface area (Å²) in [6, 6.07) is 0. The Labute approximate surface area is 104 Å². The molecule has 0 radical (unpaired) electrons. The lowest BCUT2D eigenvalue weighted by Gasteiger charge is -2.17. The van der Waals surface area contributed by atoms with E-state index in [0.717, 1.165) is 14.2 Å². The molecule has 1 unspecified atom stereocenters. The van der Waals surface area contributed by atoms with E-state index in [-0.39, 0.29) is 5.57 Å². The van der Waals surface area contributed by atoms with Crippen molar-refractivity contribution in [1.29, 1.82) is 0 Å². The molecule has 9 heteroatoms. The Balaban J connectivity index is 5.50. The smallest absolute Gasteiger partial charge is 0.468 e. The fraction of sp³-hybridized carbons (Fsp3) is 0.556.